The third-order valence-electron chi connectivity index (χ3n) is 3.58. The minimum absolute atomic E-state index is 0.859. The van der Waals surface area contributed by atoms with Crippen LogP contribution in [-0.2, 0) is 4.74 Å². The fraction of sp³-hybridized carbons (Fsp3) is 1.00. The zero-order chi connectivity index (χ0) is 9.10. The molecule has 76 valence electrons. The quantitative estimate of drug-likeness (QED) is 0.615. The second kappa shape index (κ2) is 4.43. The Labute approximate surface area is 81.3 Å². The van der Waals surface area contributed by atoms with E-state index in [-0.39, 0.29) is 0 Å². The van der Waals surface area contributed by atoms with Gasteiger partial charge in [0.15, 0.2) is 0 Å². The van der Waals surface area contributed by atoms with E-state index < -0.39 is 0 Å². The highest BCUT2D eigenvalue weighted by Gasteiger charge is 2.27. The summed E-state index contributed by atoms with van der Waals surface area (Å²) in [5.74, 6) is 0.909. The first-order valence-corrected chi connectivity index (χ1v) is 5.70. The number of hydrogen-bond donors (Lipinski definition) is 0. The minimum Gasteiger partial charge on any atom is -0.379 e. The van der Waals surface area contributed by atoms with E-state index in [4.69, 9.17) is 4.74 Å². The molecule has 2 nitrogen and oxygen atoms in total. The van der Waals surface area contributed by atoms with Crippen LogP contribution in [0, 0.1) is 5.92 Å². The van der Waals surface area contributed by atoms with Crippen molar-refractivity contribution in [3.05, 3.63) is 0 Å². The predicted molar refractivity (Wildman–Crippen MR) is 53.8 cm³/mol. The smallest absolute Gasteiger partial charge is 0.0594 e. The van der Waals surface area contributed by atoms with Crippen molar-refractivity contribution in [2.45, 2.75) is 38.6 Å². The Morgan fingerprint density at radius 2 is 1.77 bits per heavy atom. The van der Waals surface area contributed by atoms with Crippen LogP contribution in [0.15, 0.2) is 0 Å². The Morgan fingerprint density at radius 3 is 2.46 bits per heavy atom. The largest absolute Gasteiger partial charge is 0.379 e. The molecule has 2 fully saturated rings. The molecule has 2 rings (SSSR count). The normalized spacial score (nSPS) is 37.6. The molecule has 0 radical (unpaired) electrons. The fourth-order valence-electron chi connectivity index (χ4n) is 2.75. The summed E-state index contributed by atoms with van der Waals surface area (Å²) in [6.07, 6.45) is 5.73. The summed E-state index contributed by atoms with van der Waals surface area (Å²) in [5.41, 5.74) is 0. The Balaban J connectivity index is 1.88. The van der Waals surface area contributed by atoms with Crippen molar-refractivity contribution in [3.63, 3.8) is 0 Å². The van der Waals surface area contributed by atoms with E-state index in [9.17, 15) is 0 Å². The van der Waals surface area contributed by atoms with E-state index in [0.29, 0.717) is 0 Å². The van der Waals surface area contributed by atoms with Gasteiger partial charge in [0.05, 0.1) is 13.2 Å². The molecule has 1 saturated heterocycles. The first-order valence-electron chi connectivity index (χ1n) is 5.70. The van der Waals surface area contributed by atoms with Gasteiger partial charge in [0.1, 0.15) is 0 Å². The molecule has 13 heavy (non-hydrogen) atoms. The summed E-state index contributed by atoms with van der Waals surface area (Å²) < 4.78 is 5.38. The summed E-state index contributed by atoms with van der Waals surface area (Å²) >= 11 is 0. The molecule has 0 amide bonds. The van der Waals surface area contributed by atoms with E-state index >= 15 is 0 Å². The highest BCUT2D eigenvalue weighted by atomic mass is 16.5. The molecule has 1 heterocycles. The van der Waals surface area contributed by atoms with Gasteiger partial charge in [-0.05, 0) is 18.8 Å². The molecule has 0 aromatic rings. The summed E-state index contributed by atoms with van der Waals surface area (Å²) in [7, 11) is 0. The maximum Gasteiger partial charge on any atom is 0.0594 e. The third kappa shape index (κ3) is 2.23. The number of hydrogen-bond acceptors (Lipinski definition) is 2. The molecule has 0 aromatic carbocycles. The van der Waals surface area contributed by atoms with Crippen molar-refractivity contribution in [3.8, 4) is 0 Å². The Bertz CT molecular complexity index is 154. The molecule has 0 N–H and O–H groups in total. The van der Waals surface area contributed by atoms with Crippen LogP contribution in [0.25, 0.3) is 0 Å². The monoisotopic (exact) mass is 183 g/mol. The molecule has 1 saturated carbocycles. The van der Waals surface area contributed by atoms with E-state index in [1.807, 2.05) is 0 Å². The summed E-state index contributed by atoms with van der Waals surface area (Å²) in [6.45, 7) is 6.63. The predicted octanol–water partition coefficient (Wildman–Crippen LogP) is 1.90. The van der Waals surface area contributed by atoms with E-state index in [2.05, 4.69) is 11.8 Å². The Kier molecular flexibility index (Phi) is 3.23. The maximum absolute atomic E-state index is 5.38. The first-order chi connectivity index (χ1) is 6.38. The molecular weight excluding hydrogens is 162 g/mol. The number of morpholine rings is 1. The summed E-state index contributed by atoms with van der Waals surface area (Å²) in [5, 5.41) is 0. The Morgan fingerprint density at radius 1 is 1.08 bits per heavy atom. The van der Waals surface area contributed by atoms with Crippen LogP contribution < -0.4 is 0 Å². The van der Waals surface area contributed by atoms with Gasteiger partial charge in [-0.25, -0.2) is 0 Å². The van der Waals surface area contributed by atoms with Crippen LogP contribution in [0.4, 0.5) is 0 Å². The topological polar surface area (TPSA) is 12.5 Å². The lowest BCUT2D eigenvalue weighted by Gasteiger charge is -2.40. The lowest BCUT2D eigenvalue weighted by atomic mass is 9.85. The van der Waals surface area contributed by atoms with E-state index in [1.54, 1.807) is 0 Å². The molecule has 2 heteroatoms. The zero-order valence-electron chi connectivity index (χ0n) is 8.67. The third-order valence-corrected chi connectivity index (χ3v) is 3.58. The second-order valence-corrected chi connectivity index (χ2v) is 4.48. The Hall–Kier alpha value is -0.0800. The zero-order valence-corrected chi connectivity index (χ0v) is 8.67. The van der Waals surface area contributed by atoms with Gasteiger partial charge < -0.3 is 4.74 Å². The van der Waals surface area contributed by atoms with Gasteiger partial charge in [0, 0.05) is 19.1 Å². The average Bonchev–Trinajstić information content (AvgIpc) is 2.20. The molecular formula is C11H21NO. The molecule has 1 aliphatic heterocycles. The van der Waals surface area contributed by atoms with Gasteiger partial charge in [-0.1, -0.05) is 19.8 Å². The minimum atomic E-state index is 0.859. The van der Waals surface area contributed by atoms with Gasteiger partial charge in [0.25, 0.3) is 0 Å². The lowest BCUT2D eigenvalue weighted by molar-refractivity contribution is -0.00460. The lowest BCUT2D eigenvalue weighted by Crippen LogP contribution is -2.47. The van der Waals surface area contributed by atoms with Crippen molar-refractivity contribution < 1.29 is 4.74 Å². The number of ether oxygens (including phenoxy) is 1. The van der Waals surface area contributed by atoms with Gasteiger partial charge in [-0.3, -0.25) is 4.90 Å². The molecule has 2 atom stereocenters. The van der Waals surface area contributed by atoms with Crippen LogP contribution in [0.1, 0.15) is 32.6 Å². The summed E-state index contributed by atoms with van der Waals surface area (Å²) in [4.78, 5) is 2.65. The van der Waals surface area contributed by atoms with E-state index in [0.717, 1.165) is 38.3 Å². The van der Waals surface area contributed by atoms with Crippen molar-refractivity contribution in [1.29, 1.82) is 0 Å². The number of rotatable bonds is 1. The van der Waals surface area contributed by atoms with Crippen LogP contribution in [0.3, 0.4) is 0 Å². The van der Waals surface area contributed by atoms with Gasteiger partial charge in [-0.15, -0.1) is 0 Å². The van der Waals surface area contributed by atoms with Crippen molar-refractivity contribution in [2.24, 2.45) is 5.92 Å². The molecule has 0 spiro atoms. The summed E-state index contributed by atoms with van der Waals surface area (Å²) in [6, 6.07) is 0.859. The van der Waals surface area contributed by atoms with Crippen molar-refractivity contribution in [1.82, 2.24) is 4.90 Å². The van der Waals surface area contributed by atoms with Gasteiger partial charge >= 0.3 is 0 Å². The van der Waals surface area contributed by atoms with Crippen LogP contribution >= 0.6 is 0 Å². The second-order valence-electron chi connectivity index (χ2n) is 4.48. The standard InChI is InChI=1S/C11H21NO/c1-10-4-2-3-5-11(10)12-6-8-13-9-7-12/h10-11H,2-9H2,1H3/t10-,11?/m1/s1. The van der Waals surface area contributed by atoms with E-state index in [1.165, 1.54) is 25.7 Å². The highest BCUT2D eigenvalue weighted by molar-refractivity contribution is 4.81. The van der Waals surface area contributed by atoms with Crippen molar-refractivity contribution >= 4 is 0 Å². The van der Waals surface area contributed by atoms with Gasteiger partial charge in [0.2, 0.25) is 0 Å². The molecule has 2 aliphatic rings. The number of nitrogens with zero attached hydrogens (tertiary/aromatic N) is 1. The first kappa shape index (κ1) is 9.47. The molecule has 0 aromatic heterocycles. The van der Waals surface area contributed by atoms with Crippen LogP contribution in [-0.4, -0.2) is 37.2 Å². The molecule has 0 bridgehead atoms. The average molecular weight is 183 g/mol. The van der Waals surface area contributed by atoms with Crippen LogP contribution in [0.5, 0.6) is 0 Å². The van der Waals surface area contributed by atoms with Crippen molar-refractivity contribution in [2.75, 3.05) is 26.3 Å². The SMILES string of the molecule is C[C@@H]1CCCCC1N1CCOCC1. The maximum atomic E-state index is 5.38. The van der Waals surface area contributed by atoms with Gasteiger partial charge in [-0.2, -0.15) is 0 Å². The fourth-order valence-corrected chi connectivity index (χ4v) is 2.75. The highest BCUT2D eigenvalue weighted by Crippen LogP contribution is 2.28. The van der Waals surface area contributed by atoms with Crippen LogP contribution in [0.2, 0.25) is 0 Å². The molecule has 1 unspecified atom stereocenters. The molecule has 1 aliphatic carbocycles.